The molecule has 1 aliphatic rings. The molecule has 18 heavy (non-hydrogen) atoms. The maximum absolute atomic E-state index is 11.6. The molecule has 1 aromatic rings. The third kappa shape index (κ3) is 4.16. The number of nitrogens with one attached hydrogen (secondary N) is 1. The van der Waals surface area contributed by atoms with Crippen LogP contribution >= 0.6 is 0 Å². The van der Waals surface area contributed by atoms with E-state index >= 15 is 0 Å². The molecular formula is C13H20N2O3. The standard InChI is InChI=1S/C13H20N2O3/c1-15(8-12(16)10-4-5-10)9-13(17)14-7-11-3-2-6-18-11/h2-3,6,10,12,16H,4-5,7-9H2,1H3,(H,14,17). The highest BCUT2D eigenvalue weighted by Gasteiger charge is 2.30. The SMILES string of the molecule is CN(CC(=O)NCc1ccco1)CC(O)C1CC1. The summed E-state index contributed by atoms with van der Waals surface area (Å²) in [5.41, 5.74) is 0. The Balaban J connectivity index is 1.63. The first-order chi connectivity index (χ1) is 8.65. The molecule has 0 aliphatic heterocycles. The monoisotopic (exact) mass is 252 g/mol. The summed E-state index contributed by atoms with van der Waals surface area (Å²) in [6.07, 6.45) is 3.51. The van der Waals surface area contributed by atoms with E-state index < -0.39 is 0 Å². The van der Waals surface area contributed by atoms with Crippen molar-refractivity contribution in [2.45, 2.75) is 25.5 Å². The highest BCUT2D eigenvalue weighted by molar-refractivity contribution is 5.77. The number of aliphatic hydroxyl groups is 1. The lowest BCUT2D eigenvalue weighted by atomic mass is 10.2. The number of hydrogen-bond acceptors (Lipinski definition) is 4. The van der Waals surface area contributed by atoms with Crippen molar-refractivity contribution in [3.63, 3.8) is 0 Å². The largest absolute Gasteiger partial charge is 0.467 e. The van der Waals surface area contributed by atoms with Crippen molar-refractivity contribution in [2.24, 2.45) is 5.92 Å². The van der Waals surface area contributed by atoms with E-state index in [0.29, 0.717) is 25.6 Å². The van der Waals surface area contributed by atoms with Gasteiger partial charge in [-0.15, -0.1) is 0 Å². The van der Waals surface area contributed by atoms with Crippen LogP contribution in [0.1, 0.15) is 18.6 Å². The van der Waals surface area contributed by atoms with Crippen LogP contribution in [0.15, 0.2) is 22.8 Å². The third-order valence-electron chi connectivity index (χ3n) is 3.12. The van der Waals surface area contributed by atoms with Crippen LogP contribution in [0.25, 0.3) is 0 Å². The Hall–Kier alpha value is -1.33. The minimum Gasteiger partial charge on any atom is -0.467 e. The molecule has 0 aromatic carbocycles. The number of furan rings is 1. The van der Waals surface area contributed by atoms with Gasteiger partial charge >= 0.3 is 0 Å². The zero-order chi connectivity index (χ0) is 13.0. The topological polar surface area (TPSA) is 65.7 Å². The number of carbonyl (C=O) groups is 1. The summed E-state index contributed by atoms with van der Waals surface area (Å²) in [4.78, 5) is 13.5. The molecule has 1 unspecified atom stereocenters. The van der Waals surface area contributed by atoms with Crippen LogP contribution in [0.3, 0.4) is 0 Å². The number of nitrogens with zero attached hydrogens (tertiary/aromatic N) is 1. The van der Waals surface area contributed by atoms with E-state index in [0.717, 1.165) is 18.6 Å². The van der Waals surface area contributed by atoms with Crippen molar-refractivity contribution in [3.05, 3.63) is 24.2 Å². The van der Waals surface area contributed by atoms with Gasteiger partial charge in [-0.05, 0) is 37.9 Å². The van der Waals surface area contributed by atoms with Crippen LogP contribution in [0.2, 0.25) is 0 Å². The summed E-state index contributed by atoms with van der Waals surface area (Å²) in [7, 11) is 1.85. The summed E-state index contributed by atoms with van der Waals surface area (Å²) >= 11 is 0. The second-order valence-corrected chi connectivity index (χ2v) is 4.96. The van der Waals surface area contributed by atoms with E-state index in [9.17, 15) is 9.90 Å². The van der Waals surface area contributed by atoms with Crippen molar-refractivity contribution in [2.75, 3.05) is 20.1 Å². The van der Waals surface area contributed by atoms with Gasteiger partial charge < -0.3 is 14.8 Å². The number of likely N-dealkylation sites (N-methyl/N-ethyl adjacent to an activating group) is 1. The summed E-state index contributed by atoms with van der Waals surface area (Å²) < 4.78 is 5.12. The molecule has 1 saturated carbocycles. The van der Waals surface area contributed by atoms with Crippen molar-refractivity contribution in [1.82, 2.24) is 10.2 Å². The zero-order valence-corrected chi connectivity index (χ0v) is 10.6. The number of amides is 1. The van der Waals surface area contributed by atoms with Crippen LogP contribution in [0, 0.1) is 5.92 Å². The number of hydrogen-bond donors (Lipinski definition) is 2. The van der Waals surface area contributed by atoms with Crippen molar-refractivity contribution < 1.29 is 14.3 Å². The molecule has 1 heterocycles. The maximum Gasteiger partial charge on any atom is 0.234 e. The molecule has 2 rings (SSSR count). The van der Waals surface area contributed by atoms with Crippen molar-refractivity contribution in [1.29, 1.82) is 0 Å². The molecule has 0 bridgehead atoms. The molecular weight excluding hydrogens is 232 g/mol. The lowest BCUT2D eigenvalue weighted by Crippen LogP contribution is -2.38. The fraction of sp³-hybridized carbons (Fsp3) is 0.615. The minimum atomic E-state index is -0.298. The summed E-state index contributed by atoms with van der Waals surface area (Å²) in [5, 5.41) is 12.5. The van der Waals surface area contributed by atoms with Crippen LogP contribution in [-0.4, -0.2) is 42.2 Å². The first-order valence-electron chi connectivity index (χ1n) is 6.31. The average molecular weight is 252 g/mol. The number of carbonyl (C=O) groups excluding carboxylic acids is 1. The van der Waals surface area contributed by atoms with Gasteiger partial charge in [0.1, 0.15) is 5.76 Å². The smallest absolute Gasteiger partial charge is 0.234 e. The van der Waals surface area contributed by atoms with Gasteiger partial charge in [0.2, 0.25) is 5.91 Å². The summed E-state index contributed by atoms with van der Waals surface area (Å²) in [6.45, 7) is 1.26. The van der Waals surface area contributed by atoms with Crippen LogP contribution < -0.4 is 5.32 Å². The Labute approximate surface area is 107 Å². The highest BCUT2D eigenvalue weighted by atomic mass is 16.3. The van der Waals surface area contributed by atoms with Gasteiger partial charge in [0.15, 0.2) is 0 Å². The van der Waals surface area contributed by atoms with Gasteiger partial charge in [-0.25, -0.2) is 0 Å². The second-order valence-electron chi connectivity index (χ2n) is 4.96. The fourth-order valence-corrected chi connectivity index (χ4v) is 1.91. The zero-order valence-electron chi connectivity index (χ0n) is 10.6. The Morgan fingerprint density at radius 1 is 1.67 bits per heavy atom. The fourth-order valence-electron chi connectivity index (χ4n) is 1.91. The minimum absolute atomic E-state index is 0.0584. The maximum atomic E-state index is 11.6. The number of aliphatic hydroxyl groups excluding tert-OH is 1. The van der Waals surface area contributed by atoms with Gasteiger partial charge in [-0.3, -0.25) is 9.69 Å². The molecule has 1 fully saturated rings. The molecule has 1 aliphatic carbocycles. The average Bonchev–Trinajstić information content (AvgIpc) is 3.04. The molecule has 0 saturated heterocycles. The molecule has 5 heteroatoms. The Kier molecular flexibility index (Phi) is 4.38. The Morgan fingerprint density at radius 2 is 2.44 bits per heavy atom. The van der Waals surface area contributed by atoms with E-state index in [-0.39, 0.29) is 12.0 Å². The molecule has 0 spiro atoms. The van der Waals surface area contributed by atoms with Crippen molar-refractivity contribution in [3.8, 4) is 0 Å². The number of rotatable bonds is 7. The Morgan fingerprint density at radius 3 is 3.06 bits per heavy atom. The normalized spacial score (nSPS) is 16.8. The van der Waals surface area contributed by atoms with E-state index in [1.807, 2.05) is 18.0 Å². The molecule has 1 aromatic heterocycles. The van der Waals surface area contributed by atoms with Gasteiger partial charge in [0, 0.05) is 6.54 Å². The molecule has 5 nitrogen and oxygen atoms in total. The quantitative estimate of drug-likeness (QED) is 0.746. The third-order valence-corrected chi connectivity index (χ3v) is 3.12. The summed E-state index contributed by atoms with van der Waals surface area (Å²) in [6, 6.07) is 3.61. The van der Waals surface area contributed by atoms with Gasteiger partial charge in [-0.1, -0.05) is 0 Å². The van der Waals surface area contributed by atoms with Gasteiger partial charge in [0.25, 0.3) is 0 Å². The molecule has 2 N–H and O–H groups in total. The molecule has 1 amide bonds. The summed E-state index contributed by atoms with van der Waals surface area (Å²) in [5.74, 6) is 1.12. The lowest BCUT2D eigenvalue weighted by Gasteiger charge is -2.19. The molecule has 100 valence electrons. The Bertz CT molecular complexity index is 374. The lowest BCUT2D eigenvalue weighted by molar-refractivity contribution is -0.122. The second kappa shape index (κ2) is 6.02. The highest BCUT2D eigenvalue weighted by Crippen LogP contribution is 2.32. The van der Waals surface area contributed by atoms with E-state index in [4.69, 9.17) is 4.42 Å². The van der Waals surface area contributed by atoms with E-state index in [1.165, 1.54) is 0 Å². The van der Waals surface area contributed by atoms with Gasteiger partial charge in [0.05, 0.1) is 25.5 Å². The van der Waals surface area contributed by atoms with Gasteiger partial charge in [-0.2, -0.15) is 0 Å². The van der Waals surface area contributed by atoms with E-state index in [2.05, 4.69) is 5.32 Å². The van der Waals surface area contributed by atoms with Crippen molar-refractivity contribution >= 4 is 5.91 Å². The van der Waals surface area contributed by atoms with Crippen LogP contribution in [0.4, 0.5) is 0 Å². The first-order valence-corrected chi connectivity index (χ1v) is 6.31. The van der Waals surface area contributed by atoms with E-state index in [1.54, 1.807) is 12.3 Å². The predicted molar refractivity (Wildman–Crippen MR) is 66.8 cm³/mol. The molecule has 1 atom stereocenters. The molecule has 0 radical (unpaired) electrons. The first kappa shape index (κ1) is 13.1. The van der Waals surface area contributed by atoms with Crippen LogP contribution in [-0.2, 0) is 11.3 Å². The predicted octanol–water partition coefficient (Wildman–Crippen LogP) is 0.598. The van der Waals surface area contributed by atoms with Crippen LogP contribution in [0.5, 0.6) is 0 Å².